The van der Waals surface area contributed by atoms with Crippen molar-refractivity contribution in [2.24, 2.45) is 0 Å². The number of halogens is 4. The average molecular weight is 344 g/mol. The van der Waals surface area contributed by atoms with E-state index < -0.39 is 47.2 Å². The van der Waals surface area contributed by atoms with Crippen LogP contribution < -0.4 is 5.32 Å². The van der Waals surface area contributed by atoms with E-state index in [9.17, 15) is 22.8 Å². The first-order valence-electron chi connectivity index (χ1n) is 6.24. The van der Waals surface area contributed by atoms with Gasteiger partial charge in [-0.15, -0.1) is 0 Å². The van der Waals surface area contributed by atoms with E-state index >= 15 is 0 Å². The Morgan fingerprint density at radius 1 is 1.04 bits per heavy atom. The second-order valence-corrected chi connectivity index (χ2v) is 4.81. The highest BCUT2D eigenvalue weighted by Crippen LogP contribution is 2.17. The lowest BCUT2D eigenvalue weighted by Crippen LogP contribution is -2.22. The number of carbonyl (C=O) groups excluding carboxylic acids is 2. The number of esters is 1. The van der Waals surface area contributed by atoms with Gasteiger partial charge in [0, 0.05) is 11.1 Å². The minimum Gasteiger partial charge on any atom is -0.452 e. The van der Waals surface area contributed by atoms with Crippen LogP contribution in [0.2, 0.25) is 5.02 Å². The van der Waals surface area contributed by atoms with E-state index in [-0.39, 0.29) is 5.02 Å². The third-order valence-electron chi connectivity index (χ3n) is 2.69. The minimum absolute atomic E-state index is 0.115. The molecule has 2 aromatic rings. The maximum Gasteiger partial charge on any atom is 0.341 e. The van der Waals surface area contributed by atoms with E-state index in [2.05, 4.69) is 4.74 Å². The third kappa shape index (κ3) is 4.46. The van der Waals surface area contributed by atoms with Gasteiger partial charge in [0.25, 0.3) is 5.91 Å². The summed E-state index contributed by atoms with van der Waals surface area (Å²) >= 11 is 5.63. The van der Waals surface area contributed by atoms with Gasteiger partial charge in [-0.05, 0) is 30.3 Å². The Hall–Kier alpha value is -2.54. The van der Waals surface area contributed by atoms with E-state index in [0.29, 0.717) is 0 Å². The van der Waals surface area contributed by atoms with E-state index in [0.717, 1.165) is 30.3 Å². The topological polar surface area (TPSA) is 55.4 Å². The lowest BCUT2D eigenvalue weighted by atomic mass is 10.2. The van der Waals surface area contributed by atoms with Crippen molar-refractivity contribution in [3.63, 3.8) is 0 Å². The van der Waals surface area contributed by atoms with E-state index in [1.54, 1.807) is 0 Å². The molecular weight excluding hydrogens is 335 g/mol. The predicted octanol–water partition coefficient (Wildman–Crippen LogP) is 3.55. The molecule has 0 fully saturated rings. The fourth-order valence-electron chi connectivity index (χ4n) is 1.64. The Labute approximate surface area is 133 Å². The Morgan fingerprint density at radius 2 is 1.74 bits per heavy atom. The third-order valence-corrected chi connectivity index (χ3v) is 2.92. The highest BCUT2D eigenvalue weighted by molar-refractivity contribution is 6.30. The van der Waals surface area contributed by atoms with Gasteiger partial charge in [-0.1, -0.05) is 11.6 Å². The number of hydrogen-bond donors (Lipinski definition) is 1. The molecule has 0 aliphatic carbocycles. The molecule has 0 bridgehead atoms. The van der Waals surface area contributed by atoms with Crippen LogP contribution in [-0.2, 0) is 9.53 Å². The largest absolute Gasteiger partial charge is 0.452 e. The summed E-state index contributed by atoms with van der Waals surface area (Å²) in [6.45, 7) is -0.805. The average Bonchev–Trinajstić information content (AvgIpc) is 2.51. The summed E-state index contributed by atoms with van der Waals surface area (Å²) < 4.78 is 44.3. The van der Waals surface area contributed by atoms with E-state index in [4.69, 9.17) is 11.6 Å². The summed E-state index contributed by atoms with van der Waals surface area (Å²) in [5.74, 6) is -4.49. The van der Waals surface area contributed by atoms with Crippen molar-refractivity contribution >= 4 is 29.2 Å². The quantitative estimate of drug-likeness (QED) is 0.864. The Balaban J connectivity index is 1.97. The van der Waals surface area contributed by atoms with Crippen molar-refractivity contribution in [1.82, 2.24) is 0 Å². The molecule has 0 radical (unpaired) electrons. The summed E-state index contributed by atoms with van der Waals surface area (Å²) in [7, 11) is 0. The van der Waals surface area contributed by atoms with Gasteiger partial charge < -0.3 is 10.1 Å². The van der Waals surface area contributed by atoms with Crippen LogP contribution in [0.15, 0.2) is 36.4 Å². The van der Waals surface area contributed by atoms with Crippen LogP contribution in [0.4, 0.5) is 18.9 Å². The van der Waals surface area contributed by atoms with Crippen molar-refractivity contribution in [2.75, 3.05) is 11.9 Å². The standard InChI is InChI=1S/C15H9ClF3NO3/c16-8-1-3-11(18)10(5-8)15(22)23-7-14(21)20-13-6-9(17)2-4-12(13)19/h1-6H,7H2,(H,20,21). The maximum absolute atomic E-state index is 13.4. The van der Waals surface area contributed by atoms with Crippen LogP contribution in [0.1, 0.15) is 10.4 Å². The molecule has 2 aromatic carbocycles. The number of rotatable bonds is 4. The van der Waals surface area contributed by atoms with Gasteiger partial charge in [-0.2, -0.15) is 0 Å². The van der Waals surface area contributed by atoms with Crippen LogP contribution in [0.3, 0.4) is 0 Å². The van der Waals surface area contributed by atoms with Crippen LogP contribution in [0.25, 0.3) is 0 Å². The van der Waals surface area contributed by atoms with Crippen LogP contribution in [0, 0.1) is 17.5 Å². The molecule has 23 heavy (non-hydrogen) atoms. The molecule has 8 heteroatoms. The van der Waals surface area contributed by atoms with Gasteiger partial charge in [0.2, 0.25) is 0 Å². The fraction of sp³-hybridized carbons (Fsp3) is 0.0667. The number of amides is 1. The van der Waals surface area contributed by atoms with Gasteiger partial charge >= 0.3 is 5.97 Å². The highest BCUT2D eigenvalue weighted by atomic mass is 35.5. The Morgan fingerprint density at radius 3 is 2.48 bits per heavy atom. The van der Waals surface area contributed by atoms with Gasteiger partial charge in [0.15, 0.2) is 6.61 Å². The van der Waals surface area contributed by atoms with Crippen molar-refractivity contribution in [3.8, 4) is 0 Å². The summed E-state index contributed by atoms with van der Waals surface area (Å²) in [4.78, 5) is 23.2. The lowest BCUT2D eigenvalue weighted by molar-refractivity contribution is -0.119. The van der Waals surface area contributed by atoms with Crippen molar-refractivity contribution in [3.05, 3.63) is 64.4 Å². The van der Waals surface area contributed by atoms with E-state index in [1.165, 1.54) is 6.07 Å². The normalized spacial score (nSPS) is 10.3. The molecule has 0 saturated heterocycles. The zero-order valence-electron chi connectivity index (χ0n) is 11.4. The molecule has 1 amide bonds. The van der Waals surface area contributed by atoms with Crippen LogP contribution in [-0.4, -0.2) is 18.5 Å². The SMILES string of the molecule is O=C(COC(=O)c1cc(Cl)ccc1F)Nc1cc(F)ccc1F. The molecule has 120 valence electrons. The summed E-state index contributed by atoms with van der Waals surface area (Å²) in [6.07, 6.45) is 0. The monoisotopic (exact) mass is 343 g/mol. The molecule has 4 nitrogen and oxygen atoms in total. The number of benzene rings is 2. The molecule has 0 heterocycles. The zero-order chi connectivity index (χ0) is 17.0. The lowest BCUT2D eigenvalue weighted by Gasteiger charge is -2.08. The summed E-state index contributed by atoms with van der Waals surface area (Å²) in [5, 5.41) is 2.15. The summed E-state index contributed by atoms with van der Waals surface area (Å²) in [5.41, 5.74) is -0.845. The molecule has 0 saturated carbocycles. The van der Waals surface area contributed by atoms with Crippen molar-refractivity contribution < 1.29 is 27.5 Å². The molecule has 0 aliphatic rings. The minimum atomic E-state index is -1.11. The molecule has 1 N–H and O–H groups in total. The maximum atomic E-state index is 13.4. The molecule has 0 spiro atoms. The molecule has 0 unspecified atom stereocenters. The highest BCUT2D eigenvalue weighted by Gasteiger charge is 2.16. The smallest absolute Gasteiger partial charge is 0.341 e. The molecule has 0 aromatic heterocycles. The molecule has 0 aliphatic heterocycles. The number of hydrogen-bond acceptors (Lipinski definition) is 3. The van der Waals surface area contributed by atoms with E-state index in [1.807, 2.05) is 5.32 Å². The number of nitrogens with one attached hydrogen (secondary N) is 1. The van der Waals surface area contributed by atoms with Crippen LogP contribution in [0.5, 0.6) is 0 Å². The number of anilines is 1. The number of carbonyl (C=O) groups is 2. The van der Waals surface area contributed by atoms with Gasteiger partial charge in [0.1, 0.15) is 17.5 Å². The number of ether oxygens (including phenoxy) is 1. The zero-order valence-corrected chi connectivity index (χ0v) is 12.2. The van der Waals surface area contributed by atoms with Gasteiger partial charge in [-0.3, -0.25) is 4.79 Å². The van der Waals surface area contributed by atoms with Crippen molar-refractivity contribution in [1.29, 1.82) is 0 Å². The second kappa shape index (κ2) is 7.15. The van der Waals surface area contributed by atoms with Crippen molar-refractivity contribution in [2.45, 2.75) is 0 Å². The Bertz CT molecular complexity index is 768. The molecule has 2 rings (SSSR count). The fourth-order valence-corrected chi connectivity index (χ4v) is 1.81. The molecular formula is C15H9ClF3NO3. The Kier molecular flexibility index (Phi) is 5.23. The van der Waals surface area contributed by atoms with Gasteiger partial charge in [0.05, 0.1) is 11.3 Å². The first-order valence-corrected chi connectivity index (χ1v) is 6.61. The molecule has 0 atom stereocenters. The first-order chi connectivity index (χ1) is 10.9. The second-order valence-electron chi connectivity index (χ2n) is 4.37. The first kappa shape index (κ1) is 16.8. The van der Waals surface area contributed by atoms with Gasteiger partial charge in [-0.25, -0.2) is 18.0 Å². The van der Waals surface area contributed by atoms with Crippen LogP contribution >= 0.6 is 11.6 Å². The summed E-state index contributed by atoms with van der Waals surface area (Å²) in [6, 6.07) is 5.74. The predicted molar refractivity (Wildman–Crippen MR) is 76.7 cm³/mol.